The van der Waals surface area contributed by atoms with E-state index in [1.165, 1.54) is 6.20 Å². The van der Waals surface area contributed by atoms with Crippen molar-refractivity contribution in [1.29, 1.82) is 0 Å². The third-order valence-corrected chi connectivity index (χ3v) is 3.73. The van der Waals surface area contributed by atoms with E-state index in [0.717, 1.165) is 36.1 Å². The van der Waals surface area contributed by atoms with Crippen molar-refractivity contribution in [2.24, 2.45) is 5.92 Å². The number of pyridine rings is 1. The smallest absolute Gasteiger partial charge is 0.337 e. The lowest BCUT2D eigenvalue weighted by Crippen LogP contribution is -2.21. The third kappa shape index (κ3) is 2.03. The number of fused-ring (bicyclic) bond motifs is 1. The molecule has 0 aliphatic carbocycles. The lowest BCUT2D eigenvalue weighted by molar-refractivity contribution is 0.0698. The number of hydrogen-bond donors (Lipinski definition) is 1. The molecule has 19 heavy (non-hydrogen) atoms. The number of carboxylic acid groups (broad SMARTS) is 1. The highest BCUT2D eigenvalue weighted by molar-refractivity contribution is 6.06. The molecule has 2 heterocycles. The van der Waals surface area contributed by atoms with Gasteiger partial charge in [0, 0.05) is 30.1 Å². The van der Waals surface area contributed by atoms with E-state index in [2.05, 4.69) is 16.8 Å². The molecule has 1 fully saturated rings. The zero-order valence-electron chi connectivity index (χ0n) is 10.8. The molecule has 98 valence electrons. The maximum Gasteiger partial charge on any atom is 0.337 e. The van der Waals surface area contributed by atoms with Gasteiger partial charge in [-0.1, -0.05) is 31.2 Å². The maximum absolute atomic E-state index is 11.2. The minimum absolute atomic E-state index is 0.270. The van der Waals surface area contributed by atoms with Crippen molar-refractivity contribution in [3.05, 3.63) is 36.0 Å². The largest absolute Gasteiger partial charge is 0.478 e. The SMILES string of the molecule is CC1CCN(c2ncc(C(=O)O)c3ccccc23)C1. The van der Waals surface area contributed by atoms with Gasteiger partial charge in [-0.3, -0.25) is 0 Å². The van der Waals surface area contributed by atoms with Gasteiger partial charge in [-0.05, 0) is 12.3 Å². The van der Waals surface area contributed by atoms with Crippen LogP contribution in [-0.2, 0) is 0 Å². The Bertz CT molecular complexity index is 639. The molecule has 4 heteroatoms. The van der Waals surface area contributed by atoms with Crippen LogP contribution < -0.4 is 4.90 Å². The fourth-order valence-electron chi connectivity index (χ4n) is 2.73. The monoisotopic (exact) mass is 256 g/mol. The topological polar surface area (TPSA) is 53.4 Å². The van der Waals surface area contributed by atoms with E-state index >= 15 is 0 Å². The summed E-state index contributed by atoms with van der Waals surface area (Å²) in [6, 6.07) is 7.60. The second-order valence-corrected chi connectivity index (χ2v) is 5.19. The predicted octanol–water partition coefficient (Wildman–Crippen LogP) is 2.78. The molecule has 1 aromatic carbocycles. The molecular formula is C15H16N2O2. The second-order valence-electron chi connectivity index (χ2n) is 5.19. The first-order chi connectivity index (χ1) is 9.16. The Morgan fingerprint density at radius 3 is 2.74 bits per heavy atom. The zero-order valence-corrected chi connectivity index (χ0v) is 10.8. The van der Waals surface area contributed by atoms with Crippen LogP contribution in [0.1, 0.15) is 23.7 Å². The lowest BCUT2D eigenvalue weighted by atomic mass is 10.1. The van der Waals surface area contributed by atoms with E-state index < -0.39 is 5.97 Å². The van der Waals surface area contributed by atoms with Crippen LogP contribution in [0.5, 0.6) is 0 Å². The summed E-state index contributed by atoms with van der Waals surface area (Å²) in [7, 11) is 0. The maximum atomic E-state index is 11.2. The molecule has 1 aromatic heterocycles. The summed E-state index contributed by atoms with van der Waals surface area (Å²) < 4.78 is 0. The summed E-state index contributed by atoms with van der Waals surface area (Å²) in [4.78, 5) is 17.9. The first kappa shape index (κ1) is 12.0. The number of hydrogen-bond acceptors (Lipinski definition) is 3. The van der Waals surface area contributed by atoms with E-state index in [0.29, 0.717) is 5.92 Å². The Balaban J connectivity index is 2.17. The van der Waals surface area contributed by atoms with Crippen LogP contribution in [0.2, 0.25) is 0 Å². The van der Waals surface area contributed by atoms with Crippen LogP contribution in [0.25, 0.3) is 10.8 Å². The molecule has 2 aromatic rings. The van der Waals surface area contributed by atoms with Gasteiger partial charge in [0.15, 0.2) is 0 Å². The minimum atomic E-state index is -0.926. The van der Waals surface area contributed by atoms with Crippen LogP contribution in [0, 0.1) is 5.92 Å². The molecule has 0 saturated carbocycles. The van der Waals surface area contributed by atoms with Crippen molar-refractivity contribution in [1.82, 2.24) is 4.98 Å². The van der Waals surface area contributed by atoms with Gasteiger partial charge in [0.2, 0.25) is 0 Å². The van der Waals surface area contributed by atoms with Crippen LogP contribution in [0.4, 0.5) is 5.82 Å². The van der Waals surface area contributed by atoms with Crippen molar-refractivity contribution in [3.63, 3.8) is 0 Å². The highest BCUT2D eigenvalue weighted by Gasteiger charge is 2.22. The molecule has 0 bridgehead atoms. The summed E-state index contributed by atoms with van der Waals surface area (Å²) in [5.74, 6) is 0.648. The zero-order chi connectivity index (χ0) is 13.4. The number of anilines is 1. The van der Waals surface area contributed by atoms with Crippen molar-refractivity contribution in [2.45, 2.75) is 13.3 Å². The predicted molar refractivity (Wildman–Crippen MR) is 74.7 cm³/mol. The minimum Gasteiger partial charge on any atom is -0.478 e. The van der Waals surface area contributed by atoms with Crippen LogP contribution >= 0.6 is 0 Å². The standard InChI is InChI=1S/C15H16N2O2/c1-10-6-7-17(9-10)14-12-5-3-2-4-11(12)13(8-16-14)15(18)19/h2-5,8,10H,6-7,9H2,1H3,(H,18,19). The van der Waals surface area contributed by atoms with E-state index in [1.807, 2.05) is 24.3 Å². The normalized spacial score (nSPS) is 19.0. The molecule has 1 N–H and O–H groups in total. The average Bonchev–Trinajstić information content (AvgIpc) is 2.83. The summed E-state index contributed by atoms with van der Waals surface area (Å²) in [5.41, 5.74) is 0.270. The van der Waals surface area contributed by atoms with E-state index in [-0.39, 0.29) is 5.56 Å². The van der Waals surface area contributed by atoms with Gasteiger partial charge in [0.05, 0.1) is 5.56 Å². The van der Waals surface area contributed by atoms with Crippen LogP contribution in [-0.4, -0.2) is 29.1 Å². The highest BCUT2D eigenvalue weighted by Crippen LogP contribution is 2.30. The lowest BCUT2D eigenvalue weighted by Gasteiger charge is -2.19. The van der Waals surface area contributed by atoms with Gasteiger partial charge < -0.3 is 10.0 Å². The summed E-state index contributed by atoms with van der Waals surface area (Å²) >= 11 is 0. The van der Waals surface area contributed by atoms with Crippen molar-refractivity contribution >= 4 is 22.6 Å². The fraction of sp³-hybridized carbons (Fsp3) is 0.333. The van der Waals surface area contributed by atoms with Gasteiger partial charge in [-0.25, -0.2) is 9.78 Å². The average molecular weight is 256 g/mol. The number of carbonyl (C=O) groups is 1. The summed E-state index contributed by atoms with van der Waals surface area (Å²) in [6.45, 7) is 4.21. The molecule has 1 atom stereocenters. The van der Waals surface area contributed by atoms with E-state index in [4.69, 9.17) is 0 Å². The fourth-order valence-corrected chi connectivity index (χ4v) is 2.73. The molecule has 0 spiro atoms. The molecule has 0 amide bonds. The Morgan fingerprint density at radius 2 is 2.11 bits per heavy atom. The van der Waals surface area contributed by atoms with Crippen molar-refractivity contribution in [2.75, 3.05) is 18.0 Å². The molecule has 1 aliphatic rings. The number of aromatic nitrogens is 1. The molecule has 1 aliphatic heterocycles. The Morgan fingerprint density at radius 1 is 1.37 bits per heavy atom. The highest BCUT2D eigenvalue weighted by atomic mass is 16.4. The molecular weight excluding hydrogens is 240 g/mol. The van der Waals surface area contributed by atoms with Crippen molar-refractivity contribution < 1.29 is 9.90 Å². The number of carboxylic acids is 1. The number of nitrogens with zero attached hydrogens (tertiary/aromatic N) is 2. The molecule has 1 unspecified atom stereocenters. The summed E-state index contributed by atoms with van der Waals surface area (Å²) in [6.07, 6.45) is 2.64. The van der Waals surface area contributed by atoms with Crippen molar-refractivity contribution in [3.8, 4) is 0 Å². The Hall–Kier alpha value is -2.10. The molecule has 0 radical (unpaired) electrons. The third-order valence-electron chi connectivity index (χ3n) is 3.73. The Kier molecular flexibility index (Phi) is 2.85. The Labute approximate surface area is 111 Å². The van der Waals surface area contributed by atoms with Gasteiger partial charge in [0.25, 0.3) is 0 Å². The quantitative estimate of drug-likeness (QED) is 0.897. The first-order valence-electron chi connectivity index (χ1n) is 6.53. The molecule has 3 rings (SSSR count). The molecule has 4 nitrogen and oxygen atoms in total. The van der Waals surface area contributed by atoms with E-state index in [9.17, 15) is 9.90 Å². The first-order valence-corrected chi connectivity index (χ1v) is 6.53. The van der Waals surface area contributed by atoms with Crippen LogP contribution in [0.15, 0.2) is 30.5 Å². The van der Waals surface area contributed by atoms with Gasteiger partial charge in [-0.15, -0.1) is 0 Å². The number of aromatic carboxylic acids is 1. The molecule has 1 saturated heterocycles. The van der Waals surface area contributed by atoms with Gasteiger partial charge >= 0.3 is 5.97 Å². The van der Waals surface area contributed by atoms with Crippen LogP contribution in [0.3, 0.4) is 0 Å². The number of benzene rings is 1. The van der Waals surface area contributed by atoms with Gasteiger partial charge in [0.1, 0.15) is 5.82 Å². The van der Waals surface area contributed by atoms with Gasteiger partial charge in [-0.2, -0.15) is 0 Å². The summed E-state index contributed by atoms with van der Waals surface area (Å²) in [5, 5.41) is 10.9. The second kappa shape index (κ2) is 4.53. The number of rotatable bonds is 2. The van der Waals surface area contributed by atoms with E-state index in [1.54, 1.807) is 0 Å².